The van der Waals surface area contributed by atoms with E-state index in [0.717, 1.165) is 0 Å². The zero-order valence-corrected chi connectivity index (χ0v) is 18.4. The highest BCUT2D eigenvalue weighted by Gasteiger charge is 2.41. The molecule has 5 atom stereocenters. The Balaban J connectivity index is 3.03. The van der Waals surface area contributed by atoms with Gasteiger partial charge in [-0.15, -0.1) is 0 Å². The minimum atomic E-state index is -3.48. The molecule has 0 aromatic heterocycles. The summed E-state index contributed by atoms with van der Waals surface area (Å²) in [6, 6.07) is -0.391. The minimum absolute atomic E-state index is 0.0468. The van der Waals surface area contributed by atoms with Crippen LogP contribution in [0.2, 0.25) is 0 Å². The quantitative estimate of drug-likeness (QED) is 0.718. The Morgan fingerprint density at radius 1 is 1.19 bits per heavy atom. The molecule has 0 aliphatic heterocycles. The summed E-state index contributed by atoms with van der Waals surface area (Å²) >= 11 is 0. The summed E-state index contributed by atoms with van der Waals surface area (Å²) in [7, 11) is -3.48. The van der Waals surface area contributed by atoms with Crippen LogP contribution in [0.25, 0.3) is 0 Å². The van der Waals surface area contributed by atoms with Gasteiger partial charge in [-0.25, -0.2) is 12.8 Å². The molecular formula is C19H38FNO4S. The fourth-order valence-electron chi connectivity index (χ4n) is 3.69. The molecular weight excluding hydrogens is 357 g/mol. The third-order valence-corrected chi connectivity index (χ3v) is 6.82. The van der Waals surface area contributed by atoms with Crippen molar-refractivity contribution in [3.8, 4) is 0 Å². The number of hydrogen-bond acceptors (Lipinski definition) is 4. The maximum absolute atomic E-state index is 13.7. The van der Waals surface area contributed by atoms with Gasteiger partial charge in [0, 0.05) is 11.6 Å². The van der Waals surface area contributed by atoms with Gasteiger partial charge in [-0.1, -0.05) is 20.8 Å². The summed E-state index contributed by atoms with van der Waals surface area (Å²) in [6.45, 7) is 14.0. The molecule has 5 nitrogen and oxygen atoms in total. The molecule has 1 rings (SSSR count). The highest BCUT2D eigenvalue weighted by atomic mass is 32.2. The summed E-state index contributed by atoms with van der Waals surface area (Å²) in [5.41, 5.74) is -0.672. The van der Waals surface area contributed by atoms with E-state index >= 15 is 0 Å². The first-order chi connectivity index (χ1) is 11.5. The smallest absolute Gasteiger partial charge is 0.212 e. The monoisotopic (exact) mass is 395 g/mol. The fourth-order valence-corrected chi connectivity index (χ4v) is 5.37. The largest absolute Gasteiger partial charge is 0.390 e. The van der Waals surface area contributed by atoms with E-state index in [9.17, 15) is 17.9 Å². The number of aliphatic hydroxyl groups excluding tert-OH is 1. The van der Waals surface area contributed by atoms with Crippen molar-refractivity contribution in [2.24, 2.45) is 11.3 Å². The van der Waals surface area contributed by atoms with Gasteiger partial charge in [0.05, 0.1) is 25.1 Å². The molecule has 5 unspecified atom stereocenters. The van der Waals surface area contributed by atoms with Crippen LogP contribution in [0.3, 0.4) is 0 Å². The first-order valence-corrected chi connectivity index (χ1v) is 11.3. The van der Waals surface area contributed by atoms with Crippen molar-refractivity contribution in [3.05, 3.63) is 0 Å². The molecule has 156 valence electrons. The molecule has 1 aliphatic carbocycles. The molecule has 0 radical (unpaired) electrons. The van der Waals surface area contributed by atoms with Crippen molar-refractivity contribution >= 4 is 10.0 Å². The predicted octanol–water partition coefficient (Wildman–Crippen LogP) is 3.37. The van der Waals surface area contributed by atoms with Crippen LogP contribution < -0.4 is 0 Å². The van der Waals surface area contributed by atoms with Crippen molar-refractivity contribution in [1.82, 2.24) is 4.31 Å². The maximum atomic E-state index is 13.7. The molecule has 0 heterocycles. The van der Waals surface area contributed by atoms with E-state index in [2.05, 4.69) is 20.8 Å². The number of hydrogen-bond donors (Lipinski definition) is 1. The molecule has 0 saturated heterocycles. The average Bonchev–Trinajstić information content (AvgIpc) is 2.69. The molecule has 0 bridgehead atoms. The van der Waals surface area contributed by atoms with Crippen LogP contribution in [0.1, 0.15) is 67.7 Å². The van der Waals surface area contributed by atoms with Crippen molar-refractivity contribution in [1.29, 1.82) is 0 Å². The van der Waals surface area contributed by atoms with Crippen LogP contribution in [0.15, 0.2) is 0 Å². The van der Waals surface area contributed by atoms with Crippen LogP contribution in [0.5, 0.6) is 0 Å². The second-order valence-corrected chi connectivity index (χ2v) is 11.7. The van der Waals surface area contributed by atoms with Crippen LogP contribution in [-0.2, 0) is 14.8 Å². The molecule has 1 fully saturated rings. The van der Waals surface area contributed by atoms with Crippen LogP contribution in [0, 0.1) is 11.3 Å². The molecule has 26 heavy (non-hydrogen) atoms. The Hall–Kier alpha value is -0.240. The highest BCUT2D eigenvalue weighted by molar-refractivity contribution is 7.88. The number of ether oxygens (including phenoxy) is 1. The lowest BCUT2D eigenvalue weighted by Crippen LogP contribution is -2.53. The van der Waals surface area contributed by atoms with Gasteiger partial charge in [-0.2, -0.15) is 4.31 Å². The number of halogens is 1. The topological polar surface area (TPSA) is 66.8 Å². The molecule has 0 aromatic rings. The third-order valence-electron chi connectivity index (χ3n) is 5.26. The molecule has 0 spiro atoms. The lowest BCUT2D eigenvalue weighted by Gasteiger charge is -2.41. The van der Waals surface area contributed by atoms with Gasteiger partial charge < -0.3 is 9.84 Å². The Morgan fingerprint density at radius 2 is 1.73 bits per heavy atom. The third kappa shape index (κ3) is 6.73. The lowest BCUT2D eigenvalue weighted by molar-refractivity contribution is -0.0348. The number of nitrogens with zero attached hydrogens (tertiary/aromatic N) is 1. The minimum Gasteiger partial charge on any atom is -0.390 e. The molecule has 7 heteroatoms. The Morgan fingerprint density at radius 3 is 2.08 bits per heavy atom. The van der Waals surface area contributed by atoms with Gasteiger partial charge in [-0.05, 0) is 58.3 Å². The summed E-state index contributed by atoms with van der Waals surface area (Å²) in [5, 5.41) is 9.73. The van der Waals surface area contributed by atoms with Crippen molar-refractivity contribution in [2.75, 3.05) is 12.9 Å². The molecule has 1 N–H and O–H groups in total. The van der Waals surface area contributed by atoms with E-state index < -0.39 is 33.9 Å². The first-order valence-electron chi connectivity index (χ1n) is 9.46. The summed E-state index contributed by atoms with van der Waals surface area (Å²) in [6.07, 6.45) is 0.114. The lowest BCUT2D eigenvalue weighted by atomic mass is 9.90. The second-order valence-electron chi connectivity index (χ2n) is 9.88. The number of aliphatic hydroxyl groups is 1. The summed E-state index contributed by atoms with van der Waals surface area (Å²) in [5.74, 6) is -0.0508. The second kappa shape index (κ2) is 8.41. The molecule has 0 aromatic carbocycles. The zero-order chi connectivity index (χ0) is 20.5. The molecule has 1 aliphatic rings. The first kappa shape index (κ1) is 23.8. The Bertz CT molecular complexity index is 543. The van der Waals surface area contributed by atoms with E-state index in [1.54, 1.807) is 0 Å². The van der Waals surface area contributed by atoms with Gasteiger partial charge in [0.1, 0.15) is 6.17 Å². The number of alkyl halides is 1. The van der Waals surface area contributed by atoms with Gasteiger partial charge in [-0.3, -0.25) is 0 Å². The van der Waals surface area contributed by atoms with Crippen molar-refractivity contribution in [2.45, 2.75) is 97.7 Å². The van der Waals surface area contributed by atoms with E-state index in [-0.39, 0.29) is 30.5 Å². The van der Waals surface area contributed by atoms with Gasteiger partial charge in [0.2, 0.25) is 10.0 Å². The fraction of sp³-hybridized carbons (Fsp3) is 1.00. The van der Waals surface area contributed by atoms with E-state index in [1.807, 2.05) is 27.7 Å². The maximum Gasteiger partial charge on any atom is 0.212 e. The molecule has 1 saturated carbocycles. The van der Waals surface area contributed by atoms with Crippen LogP contribution >= 0.6 is 0 Å². The van der Waals surface area contributed by atoms with E-state index in [1.165, 1.54) is 10.6 Å². The number of rotatable bonds is 7. The normalized spacial score (nSPS) is 27.7. The van der Waals surface area contributed by atoms with Crippen LogP contribution in [0.4, 0.5) is 4.39 Å². The average molecular weight is 396 g/mol. The van der Waals surface area contributed by atoms with E-state index in [4.69, 9.17) is 4.74 Å². The van der Waals surface area contributed by atoms with Gasteiger partial charge in [0.25, 0.3) is 0 Å². The SMILES string of the molecule is CC(OCC(CC1CC(O)C(F)C1)N(C(C)(C)C)S(C)(=O)=O)C(C)(C)C. The predicted molar refractivity (Wildman–Crippen MR) is 103 cm³/mol. The van der Waals surface area contributed by atoms with Crippen molar-refractivity contribution in [3.63, 3.8) is 0 Å². The van der Waals surface area contributed by atoms with Gasteiger partial charge >= 0.3 is 0 Å². The van der Waals surface area contributed by atoms with E-state index in [0.29, 0.717) is 12.8 Å². The highest BCUT2D eigenvalue weighted by Crippen LogP contribution is 2.35. The molecule has 0 amide bonds. The standard InChI is InChI=1S/C19H38FNO4S/c1-13(18(2,3)4)25-12-15(9-14-10-16(20)17(22)11-14)21(19(5,6)7)26(8,23)24/h13-17,22H,9-12H2,1-8H3. The van der Waals surface area contributed by atoms with Crippen LogP contribution in [-0.4, -0.2) is 60.7 Å². The zero-order valence-electron chi connectivity index (χ0n) is 17.6. The Kier molecular flexibility index (Phi) is 7.70. The van der Waals surface area contributed by atoms with Crippen molar-refractivity contribution < 1.29 is 22.7 Å². The summed E-state index contributed by atoms with van der Waals surface area (Å²) in [4.78, 5) is 0. The van der Waals surface area contributed by atoms with Gasteiger partial charge in [0.15, 0.2) is 0 Å². The number of sulfonamides is 1. The summed E-state index contributed by atoms with van der Waals surface area (Å²) < 4.78 is 46.3. The Labute approximate surface area is 159 Å².